The van der Waals surface area contributed by atoms with Gasteiger partial charge in [-0.25, -0.2) is 0 Å². The van der Waals surface area contributed by atoms with Gasteiger partial charge in [0.2, 0.25) is 5.91 Å². The minimum Gasteiger partial charge on any atom is -0.493 e. The lowest BCUT2D eigenvalue weighted by molar-refractivity contribution is -0.131. The van der Waals surface area contributed by atoms with E-state index < -0.39 is 0 Å². The molecule has 1 aliphatic heterocycles. The molecule has 5 nitrogen and oxygen atoms in total. The van der Waals surface area contributed by atoms with Gasteiger partial charge >= 0.3 is 0 Å². The Bertz CT molecular complexity index is 1060. The summed E-state index contributed by atoms with van der Waals surface area (Å²) in [5.41, 5.74) is 3.89. The van der Waals surface area contributed by atoms with E-state index in [1.165, 1.54) is 0 Å². The van der Waals surface area contributed by atoms with Crippen molar-refractivity contribution in [3.8, 4) is 22.6 Å². The molecule has 0 unspecified atom stereocenters. The number of hydrogen-bond acceptors (Lipinski definition) is 4. The number of hydrogen-bond donors (Lipinski definition) is 0. The van der Waals surface area contributed by atoms with E-state index in [9.17, 15) is 4.79 Å². The monoisotopic (exact) mass is 388 g/mol. The van der Waals surface area contributed by atoms with Crippen LogP contribution in [0.3, 0.4) is 0 Å². The van der Waals surface area contributed by atoms with E-state index in [-0.39, 0.29) is 5.91 Å². The maximum atomic E-state index is 12.6. The van der Waals surface area contributed by atoms with Crippen molar-refractivity contribution < 1.29 is 14.3 Å². The van der Waals surface area contributed by atoms with Crippen molar-refractivity contribution in [2.75, 3.05) is 20.3 Å². The number of pyridine rings is 1. The lowest BCUT2D eigenvalue weighted by Gasteiger charge is -2.20. The molecule has 1 amide bonds. The maximum Gasteiger partial charge on any atom is 0.223 e. The van der Waals surface area contributed by atoms with E-state index in [0.717, 1.165) is 27.6 Å². The molecule has 0 saturated heterocycles. The van der Waals surface area contributed by atoms with Crippen LogP contribution < -0.4 is 9.47 Å². The number of rotatable bonds is 5. The van der Waals surface area contributed by atoms with Gasteiger partial charge in [-0.15, -0.1) is 6.58 Å². The van der Waals surface area contributed by atoms with Crippen molar-refractivity contribution in [3.05, 3.63) is 66.9 Å². The van der Waals surface area contributed by atoms with E-state index in [0.29, 0.717) is 44.0 Å². The first-order valence-corrected chi connectivity index (χ1v) is 9.77. The summed E-state index contributed by atoms with van der Waals surface area (Å²) in [5, 5.41) is 1.08. The average molecular weight is 388 g/mol. The van der Waals surface area contributed by atoms with Crippen LogP contribution in [0.5, 0.6) is 11.5 Å². The number of carbonyl (C=O) groups is 1. The Morgan fingerprint density at radius 2 is 2.14 bits per heavy atom. The molecule has 2 heterocycles. The molecule has 0 fully saturated rings. The largest absolute Gasteiger partial charge is 0.493 e. The Labute approximate surface area is 170 Å². The molecule has 3 aromatic rings. The predicted molar refractivity (Wildman–Crippen MR) is 114 cm³/mol. The molecule has 5 heteroatoms. The number of allylic oxidation sites excluding steroid dienone is 1. The highest BCUT2D eigenvalue weighted by atomic mass is 16.5. The van der Waals surface area contributed by atoms with E-state index in [2.05, 4.69) is 29.8 Å². The first kappa shape index (κ1) is 19.0. The summed E-state index contributed by atoms with van der Waals surface area (Å²) in [5.74, 6) is 1.49. The zero-order chi connectivity index (χ0) is 20.2. The normalized spacial score (nSPS) is 13.3. The molecular formula is C24H24N2O3. The Morgan fingerprint density at radius 3 is 2.97 bits per heavy atom. The standard InChI is InChI=1S/C24H24N2O3/c1-3-4-9-23(27)26-10-11-29-24-20(16-26)13-18(14-22(24)28-2)19-12-17-7-5-6-8-21(17)25-15-19/h3,5-8,12-15H,1,4,9-11,16H2,2H3. The summed E-state index contributed by atoms with van der Waals surface area (Å²) in [6, 6.07) is 14.2. The number of benzene rings is 2. The lowest BCUT2D eigenvalue weighted by atomic mass is 10.0. The van der Waals surface area contributed by atoms with Gasteiger partial charge < -0.3 is 14.4 Å². The maximum absolute atomic E-state index is 12.6. The quantitative estimate of drug-likeness (QED) is 0.600. The molecule has 0 spiro atoms. The zero-order valence-corrected chi connectivity index (χ0v) is 16.6. The Hall–Kier alpha value is -3.34. The molecular weight excluding hydrogens is 364 g/mol. The topological polar surface area (TPSA) is 51.7 Å². The highest BCUT2D eigenvalue weighted by Crippen LogP contribution is 2.38. The lowest BCUT2D eigenvalue weighted by Crippen LogP contribution is -2.32. The van der Waals surface area contributed by atoms with Gasteiger partial charge in [-0.05, 0) is 36.2 Å². The number of ether oxygens (including phenoxy) is 2. The number of methoxy groups -OCH3 is 1. The number of nitrogens with zero attached hydrogens (tertiary/aromatic N) is 2. The number of para-hydroxylation sites is 1. The molecule has 148 valence electrons. The van der Waals surface area contributed by atoms with Crippen LogP contribution in [0.15, 0.2) is 61.3 Å². The van der Waals surface area contributed by atoms with E-state index in [4.69, 9.17) is 9.47 Å². The molecule has 29 heavy (non-hydrogen) atoms. The number of aromatic nitrogens is 1. The fraction of sp³-hybridized carbons (Fsp3) is 0.250. The van der Waals surface area contributed by atoms with Gasteiger partial charge in [-0.1, -0.05) is 24.3 Å². The van der Waals surface area contributed by atoms with Crippen LogP contribution in [0.1, 0.15) is 18.4 Å². The van der Waals surface area contributed by atoms with Crippen LogP contribution >= 0.6 is 0 Å². The second kappa shape index (κ2) is 8.35. The van der Waals surface area contributed by atoms with Gasteiger partial charge in [0, 0.05) is 35.7 Å². The second-order valence-electron chi connectivity index (χ2n) is 7.07. The Balaban J connectivity index is 1.73. The summed E-state index contributed by atoms with van der Waals surface area (Å²) in [6.07, 6.45) is 4.78. The van der Waals surface area contributed by atoms with Gasteiger partial charge in [-0.2, -0.15) is 0 Å². The molecule has 0 saturated carbocycles. The summed E-state index contributed by atoms with van der Waals surface area (Å²) >= 11 is 0. The minimum atomic E-state index is 0.109. The number of amides is 1. The van der Waals surface area contributed by atoms with Crippen molar-refractivity contribution in [3.63, 3.8) is 0 Å². The van der Waals surface area contributed by atoms with E-state index >= 15 is 0 Å². The fourth-order valence-electron chi connectivity index (χ4n) is 3.63. The van der Waals surface area contributed by atoms with Crippen LogP contribution in [0.25, 0.3) is 22.0 Å². The minimum absolute atomic E-state index is 0.109. The first-order chi connectivity index (χ1) is 14.2. The van der Waals surface area contributed by atoms with Crippen LogP contribution in [0, 0.1) is 0 Å². The van der Waals surface area contributed by atoms with E-state index in [1.54, 1.807) is 13.2 Å². The SMILES string of the molecule is C=CCCC(=O)N1CCOc2c(cc(-c3cnc4ccccc4c3)cc2OC)C1. The highest BCUT2D eigenvalue weighted by Gasteiger charge is 2.23. The molecule has 1 aliphatic rings. The smallest absolute Gasteiger partial charge is 0.223 e. The Kier molecular flexibility index (Phi) is 5.47. The third kappa shape index (κ3) is 3.94. The van der Waals surface area contributed by atoms with Crippen LogP contribution in [-0.4, -0.2) is 36.1 Å². The van der Waals surface area contributed by atoms with Crippen molar-refractivity contribution >= 4 is 16.8 Å². The number of carbonyl (C=O) groups excluding carboxylic acids is 1. The van der Waals surface area contributed by atoms with Gasteiger partial charge in [0.25, 0.3) is 0 Å². The second-order valence-corrected chi connectivity index (χ2v) is 7.07. The molecule has 0 N–H and O–H groups in total. The molecule has 0 aliphatic carbocycles. The van der Waals surface area contributed by atoms with E-state index in [1.807, 2.05) is 35.4 Å². The summed E-state index contributed by atoms with van der Waals surface area (Å²) in [4.78, 5) is 19.0. The molecule has 4 rings (SSSR count). The first-order valence-electron chi connectivity index (χ1n) is 9.77. The summed E-state index contributed by atoms with van der Waals surface area (Å²) in [7, 11) is 1.64. The molecule has 1 aromatic heterocycles. The third-order valence-electron chi connectivity index (χ3n) is 5.16. The highest BCUT2D eigenvalue weighted by molar-refractivity contribution is 5.84. The van der Waals surface area contributed by atoms with Gasteiger partial charge in [0.15, 0.2) is 11.5 Å². The van der Waals surface area contributed by atoms with Crippen LogP contribution in [0.2, 0.25) is 0 Å². The third-order valence-corrected chi connectivity index (χ3v) is 5.16. The summed E-state index contributed by atoms with van der Waals surface area (Å²) < 4.78 is 11.6. The van der Waals surface area contributed by atoms with Gasteiger partial charge in [-0.3, -0.25) is 9.78 Å². The van der Waals surface area contributed by atoms with Crippen molar-refractivity contribution in [2.45, 2.75) is 19.4 Å². The molecule has 0 atom stereocenters. The summed E-state index contributed by atoms with van der Waals surface area (Å²) in [6.45, 7) is 5.20. The van der Waals surface area contributed by atoms with Gasteiger partial charge in [0.1, 0.15) is 6.61 Å². The average Bonchev–Trinajstić information content (AvgIpc) is 2.99. The van der Waals surface area contributed by atoms with Crippen molar-refractivity contribution in [1.82, 2.24) is 9.88 Å². The molecule has 0 radical (unpaired) electrons. The fourth-order valence-corrected chi connectivity index (χ4v) is 3.63. The zero-order valence-electron chi connectivity index (χ0n) is 16.6. The number of fused-ring (bicyclic) bond motifs is 2. The Morgan fingerprint density at radius 1 is 1.28 bits per heavy atom. The molecule has 0 bridgehead atoms. The predicted octanol–water partition coefficient (Wildman–Crippen LogP) is 4.60. The van der Waals surface area contributed by atoms with Crippen molar-refractivity contribution in [1.29, 1.82) is 0 Å². The van der Waals surface area contributed by atoms with Crippen LogP contribution in [-0.2, 0) is 11.3 Å². The molecule has 2 aromatic carbocycles. The van der Waals surface area contributed by atoms with Crippen molar-refractivity contribution in [2.24, 2.45) is 0 Å². The van der Waals surface area contributed by atoms with Gasteiger partial charge in [0.05, 0.1) is 19.2 Å². The van der Waals surface area contributed by atoms with Crippen LogP contribution in [0.4, 0.5) is 0 Å².